The van der Waals surface area contributed by atoms with Crippen molar-refractivity contribution in [1.29, 1.82) is 0 Å². The molecule has 1 aliphatic rings. The zero-order valence-electron chi connectivity index (χ0n) is 23.9. The number of hydrogen-bond acceptors (Lipinski definition) is 9. The van der Waals surface area contributed by atoms with Crippen LogP contribution in [0.4, 0.5) is 5.69 Å². The van der Waals surface area contributed by atoms with Crippen molar-refractivity contribution in [3.63, 3.8) is 0 Å². The van der Waals surface area contributed by atoms with E-state index in [-0.39, 0.29) is 29.5 Å². The number of benzene rings is 1. The van der Waals surface area contributed by atoms with Gasteiger partial charge in [0, 0.05) is 12.5 Å². The predicted molar refractivity (Wildman–Crippen MR) is 150 cm³/mol. The second-order valence-electron chi connectivity index (χ2n) is 9.76. The number of fused-ring (bicyclic) bond motifs is 3. The van der Waals surface area contributed by atoms with Crippen molar-refractivity contribution >= 4 is 23.5 Å². The highest BCUT2D eigenvalue weighted by atomic mass is 16.5. The summed E-state index contributed by atoms with van der Waals surface area (Å²) in [7, 11) is 5.84. The van der Waals surface area contributed by atoms with Crippen molar-refractivity contribution in [2.75, 3.05) is 40.3 Å². The fraction of sp³-hybridized carbons (Fsp3) is 0.448. The van der Waals surface area contributed by atoms with Gasteiger partial charge in [-0.15, -0.1) is 0 Å². The highest BCUT2D eigenvalue weighted by Crippen LogP contribution is 2.50. The SMILES string of the molecule is COC(=O)[C@H](NC(=O)CNc1ccc2c(cc1=O)[C@H](NC(C)=O)CCc1cc(OC)c(OC)c(OC)c1-2)C(C)C. The topological polar surface area (TPSA) is 141 Å². The number of carbonyl (C=O) groups excluding carboxylic acids is 3. The molecule has 0 aliphatic heterocycles. The molecule has 2 aromatic carbocycles. The molecule has 2 amide bonds. The Morgan fingerprint density at radius 2 is 1.70 bits per heavy atom. The summed E-state index contributed by atoms with van der Waals surface area (Å²) in [5.74, 6) is -0.0970. The normalized spacial score (nSPS) is 14.6. The van der Waals surface area contributed by atoms with Crippen molar-refractivity contribution in [3.8, 4) is 28.4 Å². The lowest BCUT2D eigenvalue weighted by Crippen LogP contribution is -2.47. The molecule has 0 aromatic heterocycles. The van der Waals surface area contributed by atoms with E-state index in [9.17, 15) is 19.2 Å². The molecule has 216 valence electrons. The van der Waals surface area contributed by atoms with E-state index in [0.717, 1.165) is 11.1 Å². The summed E-state index contributed by atoms with van der Waals surface area (Å²) in [6.45, 7) is 4.76. The minimum Gasteiger partial charge on any atom is -0.493 e. The number of anilines is 1. The molecule has 0 radical (unpaired) electrons. The van der Waals surface area contributed by atoms with Gasteiger partial charge in [-0.3, -0.25) is 14.4 Å². The minimum absolute atomic E-state index is 0.171. The lowest BCUT2D eigenvalue weighted by atomic mass is 9.95. The Balaban J connectivity index is 2.09. The molecule has 0 saturated carbocycles. The molecular formula is C29H37N3O8. The zero-order chi connectivity index (χ0) is 29.6. The quantitative estimate of drug-likeness (QED) is 0.377. The summed E-state index contributed by atoms with van der Waals surface area (Å²) in [5, 5.41) is 8.48. The third-order valence-corrected chi connectivity index (χ3v) is 6.79. The number of carbonyl (C=O) groups is 3. The average molecular weight is 556 g/mol. The molecule has 0 spiro atoms. The number of methoxy groups -OCH3 is 4. The number of aryl methyl sites for hydroxylation is 1. The van der Waals surface area contributed by atoms with Gasteiger partial charge < -0.3 is 34.9 Å². The molecule has 11 nitrogen and oxygen atoms in total. The van der Waals surface area contributed by atoms with Crippen molar-refractivity contribution in [1.82, 2.24) is 10.6 Å². The molecular weight excluding hydrogens is 518 g/mol. The maximum Gasteiger partial charge on any atom is 0.328 e. The fourth-order valence-electron chi connectivity index (χ4n) is 4.88. The average Bonchev–Trinajstić information content (AvgIpc) is 3.17. The van der Waals surface area contributed by atoms with Crippen LogP contribution < -0.4 is 35.6 Å². The molecule has 40 heavy (non-hydrogen) atoms. The maximum atomic E-state index is 13.4. The van der Waals surface area contributed by atoms with Crippen molar-refractivity contribution in [2.24, 2.45) is 5.92 Å². The summed E-state index contributed by atoms with van der Waals surface area (Å²) < 4.78 is 21.7. The van der Waals surface area contributed by atoms with Gasteiger partial charge in [0.25, 0.3) is 0 Å². The van der Waals surface area contributed by atoms with Crippen LogP contribution in [0.1, 0.15) is 44.4 Å². The van der Waals surface area contributed by atoms with Crippen LogP contribution in [0, 0.1) is 5.92 Å². The van der Waals surface area contributed by atoms with Crippen LogP contribution in [0.2, 0.25) is 0 Å². The summed E-state index contributed by atoms with van der Waals surface area (Å²) in [6, 6.07) is 5.42. The first kappa shape index (κ1) is 30.3. The second kappa shape index (κ2) is 13.2. The summed E-state index contributed by atoms with van der Waals surface area (Å²) in [4.78, 5) is 50.1. The van der Waals surface area contributed by atoms with Crippen LogP contribution in [-0.2, 0) is 25.5 Å². The van der Waals surface area contributed by atoms with E-state index in [2.05, 4.69) is 16.0 Å². The summed E-state index contributed by atoms with van der Waals surface area (Å²) in [6.07, 6.45) is 1.10. The van der Waals surface area contributed by atoms with E-state index >= 15 is 0 Å². The molecule has 11 heteroatoms. The Bertz CT molecular complexity index is 1340. The van der Waals surface area contributed by atoms with Crippen LogP contribution in [0.15, 0.2) is 29.1 Å². The van der Waals surface area contributed by atoms with Gasteiger partial charge in [0.05, 0.1) is 46.7 Å². The van der Waals surface area contributed by atoms with E-state index in [1.807, 2.05) is 6.07 Å². The van der Waals surface area contributed by atoms with Crippen LogP contribution in [0.5, 0.6) is 17.2 Å². The lowest BCUT2D eigenvalue weighted by molar-refractivity contribution is -0.146. The highest BCUT2D eigenvalue weighted by molar-refractivity contribution is 5.87. The first-order valence-corrected chi connectivity index (χ1v) is 12.9. The van der Waals surface area contributed by atoms with Gasteiger partial charge in [0.2, 0.25) is 23.0 Å². The number of hydrogen-bond donors (Lipinski definition) is 3. The molecule has 0 heterocycles. The first-order valence-electron chi connectivity index (χ1n) is 12.9. The lowest BCUT2D eigenvalue weighted by Gasteiger charge is -2.19. The van der Waals surface area contributed by atoms with Gasteiger partial charge >= 0.3 is 5.97 Å². The third-order valence-electron chi connectivity index (χ3n) is 6.79. The fourth-order valence-corrected chi connectivity index (χ4v) is 4.88. The second-order valence-corrected chi connectivity index (χ2v) is 9.76. The van der Waals surface area contributed by atoms with E-state index in [4.69, 9.17) is 18.9 Å². The van der Waals surface area contributed by atoms with Crippen LogP contribution >= 0.6 is 0 Å². The molecule has 3 N–H and O–H groups in total. The van der Waals surface area contributed by atoms with Gasteiger partial charge in [-0.25, -0.2) is 4.79 Å². The molecule has 0 saturated heterocycles. The van der Waals surface area contributed by atoms with Gasteiger partial charge in [-0.05, 0) is 53.6 Å². The van der Waals surface area contributed by atoms with Crippen LogP contribution in [-0.4, -0.2) is 58.8 Å². The molecule has 0 bridgehead atoms. The molecule has 0 fully saturated rings. The predicted octanol–water partition coefficient (Wildman–Crippen LogP) is 2.59. The Hall–Kier alpha value is -4.28. The molecule has 2 atom stereocenters. The van der Waals surface area contributed by atoms with Gasteiger partial charge in [-0.2, -0.15) is 0 Å². The van der Waals surface area contributed by atoms with Crippen LogP contribution in [0.3, 0.4) is 0 Å². The van der Waals surface area contributed by atoms with E-state index in [1.54, 1.807) is 33.1 Å². The molecule has 2 aromatic rings. The summed E-state index contributed by atoms with van der Waals surface area (Å²) >= 11 is 0. The smallest absolute Gasteiger partial charge is 0.328 e. The number of nitrogens with one attached hydrogen (secondary N) is 3. The Morgan fingerprint density at radius 1 is 1.00 bits per heavy atom. The maximum absolute atomic E-state index is 13.4. The number of amides is 2. The van der Waals surface area contributed by atoms with E-state index < -0.39 is 24.0 Å². The molecule has 1 aliphatic carbocycles. The molecule has 3 rings (SSSR count). The van der Waals surface area contributed by atoms with E-state index in [0.29, 0.717) is 41.2 Å². The Kier molecular flexibility index (Phi) is 9.98. The largest absolute Gasteiger partial charge is 0.493 e. The molecule has 0 unspecified atom stereocenters. The highest BCUT2D eigenvalue weighted by Gasteiger charge is 2.30. The number of rotatable bonds is 10. The minimum atomic E-state index is -0.816. The van der Waals surface area contributed by atoms with Gasteiger partial charge in [-0.1, -0.05) is 19.9 Å². The Morgan fingerprint density at radius 3 is 2.27 bits per heavy atom. The van der Waals surface area contributed by atoms with Gasteiger partial charge in [0.15, 0.2) is 11.5 Å². The Labute approximate surface area is 233 Å². The summed E-state index contributed by atoms with van der Waals surface area (Å²) in [5.41, 5.74) is 2.70. The van der Waals surface area contributed by atoms with Crippen LogP contribution in [0.25, 0.3) is 11.1 Å². The van der Waals surface area contributed by atoms with Crippen molar-refractivity contribution < 1.29 is 33.3 Å². The van der Waals surface area contributed by atoms with Crippen molar-refractivity contribution in [2.45, 2.75) is 45.7 Å². The van der Waals surface area contributed by atoms with Gasteiger partial charge in [0.1, 0.15) is 6.04 Å². The van der Waals surface area contributed by atoms with E-state index in [1.165, 1.54) is 34.3 Å². The zero-order valence-corrected chi connectivity index (χ0v) is 23.9. The van der Waals surface area contributed by atoms with Crippen molar-refractivity contribution in [3.05, 3.63) is 45.6 Å². The monoisotopic (exact) mass is 555 g/mol. The standard InChI is InChI=1S/C29H37N3O8/c1-15(2)26(29(36)40-7)32-24(35)14-30-21-11-9-18-19(13-22(21)34)20(31-16(3)33)10-8-17-12-23(37-4)27(38-5)28(39-6)25(17)18/h9,11-13,15,20,26H,8,10,14H2,1-7H3,(H,30,34)(H,31,33)(H,32,35)/t20-,26-/m1/s1. The number of esters is 1. The number of ether oxygens (including phenoxy) is 4. The third kappa shape index (κ3) is 6.47. The first-order chi connectivity index (χ1) is 19.1.